The summed E-state index contributed by atoms with van der Waals surface area (Å²) < 4.78 is 5.09. The molecule has 0 aromatic carbocycles. The van der Waals surface area contributed by atoms with E-state index in [1.165, 1.54) is 6.08 Å². The highest BCUT2D eigenvalue weighted by Crippen LogP contribution is 2.15. The third-order valence-electron chi connectivity index (χ3n) is 2.79. The lowest BCUT2D eigenvalue weighted by molar-refractivity contribution is -0.125. The molecular formula is C12H15NO3. The Kier molecular flexibility index (Phi) is 3.41. The lowest BCUT2D eigenvalue weighted by Gasteiger charge is -2.13. The molecular weight excluding hydrogens is 206 g/mol. The molecule has 86 valence electrons. The number of aliphatic hydroxyl groups excluding tert-OH is 1. The summed E-state index contributed by atoms with van der Waals surface area (Å²) in [6, 6.07) is 3.58. The lowest BCUT2D eigenvalue weighted by Crippen LogP contribution is -2.27. The number of hydrogen-bond donors (Lipinski definition) is 1. The molecule has 16 heavy (non-hydrogen) atoms. The maximum Gasteiger partial charge on any atom is 0.246 e. The van der Waals surface area contributed by atoms with Gasteiger partial charge in [-0.3, -0.25) is 4.79 Å². The normalized spacial score (nSPS) is 20.8. The molecule has 4 heteroatoms. The zero-order valence-corrected chi connectivity index (χ0v) is 9.00. The number of amides is 1. The molecule has 1 unspecified atom stereocenters. The molecule has 0 bridgehead atoms. The second-order valence-electron chi connectivity index (χ2n) is 3.97. The predicted octanol–water partition coefficient (Wildman–Crippen LogP) is 1.13. The van der Waals surface area contributed by atoms with Crippen molar-refractivity contribution in [1.82, 2.24) is 4.90 Å². The highest BCUT2D eigenvalue weighted by Gasteiger charge is 2.23. The lowest BCUT2D eigenvalue weighted by atomic mass is 10.1. The van der Waals surface area contributed by atoms with Crippen molar-refractivity contribution in [1.29, 1.82) is 0 Å². The summed E-state index contributed by atoms with van der Waals surface area (Å²) in [5.74, 6) is 0.888. The molecule has 1 aliphatic heterocycles. The van der Waals surface area contributed by atoms with Gasteiger partial charge in [0.05, 0.1) is 6.26 Å². The van der Waals surface area contributed by atoms with Crippen LogP contribution >= 0.6 is 0 Å². The molecule has 0 aliphatic carbocycles. The number of furan rings is 1. The second-order valence-corrected chi connectivity index (χ2v) is 3.97. The van der Waals surface area contributed by atoms with Gasteiger partial charge in [0.25, 0.3) is 0 Å². The third-order valence-corrected chi connectivity index (χ3v) is 2.79. The van der Waals surface area contributed by atoms with E-state index in [9.17, 15) is 4.79 Å². The molecule has 2 rings (SSSR count). The van der Waals surface area contributed by atoms with Crippen LogP contribution in [0.5, 0.6) is 0 Å². The van der Waals surface area contributed by atoms with Crippen LogP contribution in [-0.2, 0) is 4.79 Å². The van der Waals surface area contributed by atoms with Crippen LogP contribution in [0.4, 0.5) is 0 Å². The summed E-state index contributed by atoms with van der Waals surface area (Å²) in [6.45, 7) is 1.54. The average Bonchev–Trinajstić information content (AvgIpc) is 2.96. The van der Waals surface area contributed by atoms with Gasteiger partial charge in [-0.05, 0) is 24.6 Å². The van der Waals surface area contributed by atoms with Crippen molar-refractivity contribution >= 4 is 12.0 Å². The van der Waals surface area contributed by atoms with Crippen molar-refractivity contribution in [2.45, 2.75) is 6.42 Å². The largest absolute Gasteiger partial charge is 0.465 e. The number of nitrogens with zero attached hydrogens (tertiary/aromatic N) is 1. The van der Waals surface area contributed by atoms with Crippen LogP contribution in [0.3, 0.4) is 0 Å². The first-order valence-electron chi connectivity index (χ1n) is 5.41. The first-order chi connectivity index (χ1) is 7.79. The number of hydrogen-bond acceptors (Lipinski definition) is 3. The van der Waals surface area contributed by atoms with Crippen LogP contribution in [0.15, 0.2) is 28.9 Å². The molecule has 1 aliphatic rings. The molecule has 2 heterocycles. The summed E-state index contributed by atoms with van der Waals surface area (Å²) in [6.07, 6.45) is 5.63. The number of likely N-dealkylation sites (tertiary alicyclic amines) is 1. The zero-order chi connectivity index (χ0) is 11.4. The summed E-state index contributed by atoms with van der Waals surface area (Å²) in [7, 11) is 0. The van der Waals surface area contributed by atoms with Gasteiger partial charge in [-0.15, -0.1) is 0 Å². The smallest absolute Gasteiger partial charge is 0.246 e. The topological polar surface area (TPSA) is 53.7 Å². The fourth-order valence-electron chi connectivity index (χ4n) is 1.83. The standard InChI is InChI=1S/C12H15NO3/c14-9-10-5-6-13(8-10)12(15)4-3-11-2-1-7-16-11/h1-4,7,10,14H,5-6,8-9H2/b4-3+. The van der Waals surface area contributed by atoms with Crippen molar-refractivity contribution in [3.05, 3.63) is 30.2 Å². The zero-order valence-electron chi connectivity index (χ0n) is 9.00. The Labute approximate surface area is 94.2 Å². The van der Waals surface area contributed by atoms with Gasteiger partial charge in [0, 0.05) is 31.7 Å². The molecule has 1 saturated heterocycles. The monoisotopic (exact) mass is 221 g/mol. The Balaban J connectivity index is 1.89. The van der Waals surface area contributed by atoms with Crippen molar-refractivity contribution in [2.24, 2.45) is 5.92 Å². The van der Waals surface area contributed by atoms with Gasteiger partial charge >= 0.3 is 0 Å². The van der Waals surface area contributed by atoms with Gasteiger partial charge < -0.3 is 14.4 Å². The molecule has 1 amide bonds. The highest BCUT2D eigenvalue weighted by atomic mass is 16.3. The van der Waals surface area contributed by atoms with E-state index in [0.29, 0.717) is 12.3 Å². The molecule has 0 saturated carbocycles. The molecule has 1 fully saturated rings. The van der Waals surface area contributed by atoms with Gasteiger partial charge in [0.1, 0.15) is 5.76 Å². The van der Waals surface area contributed by atoms with Crippen molar-refractivity contribution in [3.8, 4) is 0 Å². The second kappa shape index (κ2) is 4.99. The van der Waals surface area contributed by atoms with E-state index in [1.54, 1.807) is 29.4 Å². The molecule has 1 aromatic rings. The fraction of sp³-hybridized carbons (Fsp3) is 0.417. The minimum absolute atomic E-state index is 0.0210. The quantitative estimate of drug-likeness (QED) is 0.778. The maximum atomic E-state index is 11.7. The van der Waals surface area contributed by atoms with Crippen LogP contribution in [0, 0.1) is 5.92 Å². The van der Waals surface area contributed by atoms with Gasteiger partial charge in [-0.2, -0.15) is 0 Å². The first kappa shape index (κ1) is 11.0. The molecule has 1 atom stereocenters. The van der Waals surface area contributed by atoms with E-state index < -0.39 is 0 Å². The predicted molar refractivity (Wildman–Crippen MR) is 59.5 cm³/mol. The van der Waals surface area contributed by atoms with Crippen LogP contribution < -0.4 is 0 Å². The Hall–Kier alpha value is -1.55. The average molecular weight is 221 g/mol. The summed E-state index contributed by atoms with van der Waals surface area (Å²) >= 11 is 0. The van der Waals surface area contributed by atoms with E-state index in [-0.39, 0.29) is 18.4 Å². The Bertz CT molecular complexity index is 370. The number of aliphatic hydroxyl groups is 1. The summed E-state index contributed by atoms with van der Waals surface area (Å²) in [5, 5.41) is 8.97. The van der Waals surface area contributed by atoms with Crippen LogP contribution in [-0.4, -0.2) is 35.6 Å². The van der Waals surface area contributed by atoms with Gasteiger partial charge in [-0.1, -0.05) is 0 Å². The molecule has 0 spiro atoms. The molecule has 1 N–H and O–H groups in total. The van der Waals surface area contributed by atoms with E-state index >= 15 is 0 Å². The van der Waals surface area contributed by atoms with E-state index in [2.05, 4.69) is 0 Å². The minimum Gasteiger partial charge on any atom is -0.465 e. The highest BCUT2D eigenvalue weighted by molar-refractivity contribution is 5.91. The summed E-state index contributed by atoms with van der Waals surface area (Å²) in [4.78, 5) is 13.5. The number of carbonyl (C=O) groups is 1. The minimum atomic E-state index is -0.0210. The SMILES string of the molecule is O=C(/C=C/c1ccco1)N1CCC(CO)C1. The fourth-order valence-corrected chi connectivity index (χ4v) is 1.83. The van der Waals surface area contributed by atoms with Crippen LogP contribution in [0.25, 0.3) is 6.08 Å². The molecule has 0 radical (unpaired) electrons. The first-order valence-corrected chi connectivity index (χ1v) is 5.41. The Morgan fingerprint density at radius 1 is 1.69 bits per heavy atom. The Morgan fingerprint density at radius 3 is 3.19 bits per heavy atom. The number of rotatable bonds is 3. The van der Waals surface area contributed by atoms with Crippen molar-refractivity contribution < 1.29 is 14.3 Å². The maximum absolute atomic E-state index is 11.7. The number of carbonyl (C=O) groups excluding carboxylic acids is 1. The third kappa shape index (κ3) is 2.52. The van der Waals surface area contributed by atoms with Crippen LogP contribution in [0.1, 0.15) is 12.2 Å². The van der Waals surface area contributed by atoms with E-state index in [1.807, 2.05) is 0 Å². The Morgan fingerprint density at radius 2 is 2.56 bits per heavy atom. The summed E-state index contributed by atoms with van der Waals surface area (Å²) in [5.41, 5.74) is 0. The van der Waals surface area contributed by atoms with Crippen molar-refractivity contribution in [2.75, 3.05) is 19.7 Å². The molecule has 1 aromatic heterocycles. The van der Waals surface area contributed by atoms with Gasteiger partial charge in [0.15, 0.2) is 0 Å². The van der Waals surface area contributed by atoms with Gasteiger partial charge in [0.2, 0.25) is 5.91 Å². The van der Waals surface area contributed by atoms with E-state index in [0.717, 1.165) is 13.0 Å². The van der Waals surface area contributed by atoms with Gasteiger partial charge in [-0.25, -0.2) is 0 Å². The molecule has 4 nitrogen and oxygen atoms in total. The van der Waals surface area contributed by atoms with E-state index in [4.69, 9.17) is 9.52 Å². The van der Waals surface area contributed by atoms with Crippen molar-refractivity contribution in [3.63, 3.8) is 0 Å². The van der Waals surface area contributed by atoms with Crippen LogP contribution in [0.2, 0.25) is 0 Å².